The average Bonchev–Trinajstić information content (AvgIpc) is 3.52. The van der Waals surface area contributed by atoms with Crippen molar-refractivity contribution in [2.45, 2.75) is 0 Å². The van der Waals surface area contributed by atoms with Crippen LogP contribution in [0.1, 0.15) is 7.37 Å². The molecule has 0 fully saturated rings. The minimum absolute atomic E-state index is 0. The maximum atomic E-state index is 6.16. The predicted molar refractivity (Wildman–Crippen MR) is 128 cm³/mol. The van der Waals surface area contributed by atoms with Crippen molar-refractivity contribution in [1.29, 1.82) is 0 Å². The van der Waals surface area contributed by atoms with Crippen molar-refractivity contribution in [3.8, 4) is 23.0 Å². The van der Waals surface area contributed by atoms with Crippen molar-refractivity contribution >= 4 is 21.8 Å². The number of para-hydroxylation sites is 1. The molecule has 3 heterocycles. The van der Waals surface area contributed by atoms with Crippen LogP contribution in [-0.4, -0.2) is 14.1 Å². The second-order valence-electron chi connectivity index (χ2n) is 7.51. The van der Waals surface area contributed by atoms with E-state index in [2.05, 4.69) is 46.2 Å². The van der Waals surface area contributed by atoms with E-state index < -0.39 is 0 Å². The van der Waals surface area contributed by atoms with E-state index in [0.29, 0.717) is 11.5 Å². The van der Waals surface area contributed by atoms with Crippen molar-refractivity contribution in [3.05, 3.63) is 110 Å². The molecule has 0 aliphatic rings. The largest absolute Gasteiger partial charge is 0.510 e. The van der Waals surface area contributed by atoms with Crippen molar-refractivity contribution < 1.29 is 37.7 Å². The van der Waals surface area contributed by atoms with Crippen LogP contribution in [-0.2, 0) is 28.1 Å². The second kappa shape index (κ2) is 8.68. The normalized spacial score (nSPS) is 11.4. The second-order valence-corrected chi connectivity index (χ2v) is 7.51. The molecule has 6 aromatic rings. The number of aryl methyl sites for hydroxylation is 1. The van der Waals surface area contributed by atoms with Crippen LogP contribution >= 0.6 is 0 Å². The molecule has 6 rings (SSSR count). The number of benzene rings is 3. The predicted octanol–water partition coefficient (Wildman–Crippen LogP) is 5.72. The van der Waals surface area contributed by atoms with Crippen molar-refractivity contribution in [1.82, 2.24) is 14.1 Å². The molecule has 0 radical (unpaired) electrons. The van der Waals surface area contributed by atoms with E-state index in [1.165, 1.54) is 0 Å². The van der Waals surface area contributed by atoms with Crippen LogP contribution in [0.2, 0.25) is 0 Å². The first kappa shape index (κ1) is 18.8. The Morgan fingerprint density at radius 2 is 1.76 bits per heavy atom. The van der Waals surface area contributed by atoms with Gasteiger partial charge in [-0.05, 0) is 23.6 Å². The van der Waals surface area contributed by atoms with Gasteiger partial charge in [0.2, 0.25) is 6.33 Å². The number of pyridine rings is 1. The van der Waals surface area contributed by atoms with Crippen LogP contribution < -0.4 is 9.30 Å². The fraction of sp³-hybridized carbons (Fsp3) is 0.0370. The van der Waals surface area contributed by atoms with Gasteiger partial charge in [-0.1, -0.05) is 35.5 Å². The zero-order valence-corrected chi connectivity index (χ0v) is 19.9. The summed E-state index contributed by atoms with van der Waals surface area (Å²) >= 11 is 0. The first-order valence-electron chi connectivity index (χ1n) is 12.3. The number of fused-ring (bicyclic) bond motifs is 3. The Bertz CT molecular complexity index is 1590. The van der Waals surface area contributed by atoms with Crippen LogP contribution in [0.3, 0.4) is 0 Å². The van der Waals surface area contributed by atoms with Gasteiger partial charge in [0.25, 0.3) is 0 Å². The van der Waals surface area contributed by atoms with Gasteiger partial charge < -0.3 is 18.4 Å². The van der Waals surface area contributed by atoms with Gasteiger partial charge in [-0.3, -0.25) is 0 Å². The SMILES string of the molecule is Cn1[c-][n+](-c2[c-]c(Oc3[c-]c4c(cc3)c3ccccc3n4-c3ccccn3)ccc2)cc1.[2HH].[2H][2H].[2H][2H].[Pt]. The van der Waals surface area contributed by atoms with Gasteiger partial charge in [-0.15, -0.1) is 29.7 Å². The van der Waals surface area contributed by atoms with Crippen molar-refractivity contribution in [2.75, 3.05) is 0 Å². The van der Waals surface area contributed by atoms with Crippen LogP contribution in [0.5, 0.6) is 11.5 Å². The number of nitrogens with zero attached hydrogens (tertiary/aromatic N) is 4. The smallest absolute Gasteiger partial charge is 0.241 e. The number of imidazole rings is 1. The number of hydrogen-bond donors (Lipinski definition) is 0. The molecule has 0 aliphatic heterocycles. The minimum Gasteiger partial charge on any atom is -0.510 e. The fourth-order valence-corrected chi connectivity index (χ4v) is 3.95. The van der Waals surface area contributed by atoms with Gasteiger partial charge in [-0.2, -0.15) is 18.2 Å². The Kier molecular flexibility index (Phi) is 4.96. The standard InChI is InChI=1S/C27H18N4O.Pt.3H2/c1-29-15-16-30(19-29)20-7-6-8-21(17-20)32-22-12-13-24-23-9-2-3-10-25(23)31(26(24)18-22)27-11-4-5-14-28-27;;;;/h2-16H,1H3;;3*1H/q-2;;;;/i;;2*1+1D;1+1. The molecule has 0 aliphatic carbocycles. The van der Waals surface area contributed by atoms with E-state index in [0.717, 1.165) is 33.3 Å². The molecular formula is C27H24N4OPt-2. The Hall–Kier alpha value is -3.69. The Labute approximate surface area is 213 Å². The summed E-state index contributed by atoms with van der Waals surface area (Å²) in [6.07, 6.45) is 8.84. The third-order valence-electron chi connectivity index (χ3n) is 5.37. The van der Waals surface area contributed by atoms with Gasteiger partial charge in [0.1, 0.15) is 5.82 Å². The number of rotatable bonds is 4. The monoisotopic (exact) mass is 620 g/mol. The Balaban J connectivity index is 0.000000809. The van der Waals surface area contributed by atoms with Gasteiger partial charge in [0.15, 0.2) is 0 Å². The zero-order valence-electron chi connectivity index (χ0n) is 21.7. The zero-order chi connectivity index (χ0) is 25.5. The number of ether oxygens (including phenoxy) is 1. The van der Waals surface area contributed by atoms with E-state index in [-0.39, 0.29) is 22.5 Å². The molecule has 3 aromatic carbocycles. The average molecular weight is 621 g/mol. The molecule has 0 saturated carbocycles. The molecule has 170 valence electrons. The molecule has 0 bridgehead atoms. The Morgan fingerprint density at radius 1 is 0.909 bits per heavy atom. The number of hydrogen-bond acceptors (Lipinski definition) is 2. The van der Waals surface area contributed by atoms with E-state index in [4.69, 9.17) is 10.7 Å². The topological polar surface area (TPSA) is 35.9 Å². The van der Waals surface area contributed by atoms with E-state index in [9.17, 15) is 0 Å². The molecule has 6 heteroatoms. The van der Waals surface area contributed by atoms with Crippen molar-refractivity contribution in [2.24, 2.45) is 7.05 Å². The maximum absolute atomic E-state index is 6.16. The summed E-state index contributed by atoms with van der Waals surface area (Å²) in [5.74, 6) is 2.08. The molecule has 0 spiro atoms. The van der Waals surface area contributed by atoms with Crippen LogP contribution in [0.25, 0.3) is 33.3 Å². The summed E-state index contributed by atoms with van der Waals surface area (Å²) in [7, 11) is 1.93. The third-order valence-corrected chi connectivity index (χ3v) is 5.37. The maximum Gasteiger partial charge on any atom is 0.241 e. The molecule has 0 atom stereocenters. The number of aromatic nitrogens is 4. The molecule has 0 amide bonds. The molecule has 33 heavy (non-hydrogen) atoms. The molecule has 0 unspecified atom stereocenters. The molecule has 5 nitrogen and oxygen atoms in total. The van der Waals surface area contributed by atoms with Gasteiger partial charge >= 0.3 is 0 Å². The molecular weight excluding hydrogens is 591 g/mol. The summed E-state index contributed by atoms with van der Waals surface area (Å²) in [6.45, 7) is 0. The van der Waals surface area contributed by atoms with E-state index >= 15 is 0 Å². The van der Waals surface area contributed by atoms with Gasteiger partial charge in [-0.25, -0.2) is 4.98 Å². The molecule has 0 N–H and O–H groups in total. The summed E-state index contributed by atoms with van der Waals surface area (Å²) < 4.78 is 32.0. The summed E-state index contributed by atoms with van der Waals surface area (Å²) in [4.78, 5) is 4.57. The Morgan fingerprint density at radius 3 is 2.58 bits per heavy atom. The van der Waals surface area contributed by atoms with Gasteiger partial charge in [0.05, 0.1) is 7.05 Å². The van der Waals surface area contributed by atoms with Gasteiger partial charge in [0, 0.05) is 64.0 Å². The van der Waals surface area contributed by atoms with Crippen LogP contribution in [0, 0.1) is 18.5 Å². The van der Waals surface area contributed by atoms with Crippen LogP contribution in [0.15, 0.2) is 91.4 Å². The van der Waals surface area contributed by atoms with Crippen LogP contribution in [0.4, 0.5) is 0 Å². The third kappa shape index (κ3) is 3.85. The van der Waals surface area contributed by atoms with E-state index in [1.807, 2.05) is 83.2 Å². The first-order valence-corrected chi connectivity index (χ1v) is 10.3. The molecule has 0 saturated heterocycles. The van der Waals surface area contributed by atoms with E-state index in [1.54, 1.807) is 6.20 Å². The quantitative estimate of drug-likeness (QED) is 0.187. The summed E-state index contributed by atoms with van der Waals surface area (Å²) in [5.41, 5.74) is 2.86. The summed E-state index contributed by atoms with van der Waals surface area (Å²) in [6, 6.07) is 30.8. The van der Waals surface area contributed by atoms with Crippen molar-refractivity contribution in [3.63, 3.8) is 0 Å². The fourth-order valence-electron chi connectivity index (χ4n) is 3.95. The first-order chi connectivity index (χ1) is 17.8. The molecule has 3 aromatic heterocycles. The summed E-state index contributed by atoms with van der Waals surface area (Å²) in [5, 5.41) is 2.26. The minimum atomic E-state index is 0.